The number of nitrogens with one attached hydrogen (secondary N) is 1. The van der Waals surface area contributed by atoms with Crippen LogP contribution in [0.4, 0.5) is 0 Å². The van der Waals surface area contributed by atoms with Crippen LogP contribution in [0.25, 0.3) is 0 Å². The molecule has 2 aromatic rings. The highest BCUT2D eigenvalue weighted by atomic mass is 32.2. The molecule has 4 heterocycles. The van der Waals surface area contributed by atoms with Crippen molar-refractivity contribution in [1.29, 1.82) is 0 Å². The maximum atomic E-state index is 12.5. The van der Waals surface area contributed by atoms with Crippen molar-refractivity contribution in [2.24, 2.45) is 5.92 Å². The predicted molar refractivity (Wildman–Crippen MR) is 97.8 cm³/mol. The van der Waals surface area contributed by atoms with E-state index in [0.717, 1.165) is 10.8 Å². The van der Waals surface area contributed by atoms with Crippen molar-refractivity contribution >= 4 is 29.0 Å². The van der Waals surface area contributed by atoms with Crippen LogP contribution in [0.1, 0.15) is 28.2 Å². The Morgan fingerprint density at radius 1 is 1.38 bits per heavy atom. The minimum Gasteiger partial charge on any atom is -0.346 e. The molecule has 6 heteroatoms. The van der Waals surface area contributed by atoms with Gasteiger partial charge in [-0.15, -0.1) is 11.3 Å². The average molecular weight is 360 g/mol. The van der Waals surface area contributed by atoms with E-state index in [1.54, 1.807) is 11.8 Å². The first-order valence-corrected chi connectivity index (χ1v) is 10.0. The number of thiazole rings is 1. The zero-order chi connectivity index (χ0) is 16.5. The summed E-state index contributed by atoms with van der Waals surface area (Å²) >= 11 is 3.14. The molecule has 1 N–H and O–H groups in total. The van der Waals surface area contributed by atoms with Crippen LogP contribution in [-0.2, 0) is 0 Å². The highest BCUT2D eigenvalue weighted by Gasteiger charge is 2.35. The van der Waals surface area contributed by atoms with Gasteiger partial charge in [0, 0.05) is 17.5 Å². The molecule has 1 amide bonds. The number of piperidine rings is 3. The van der Waals surface area contributed by atoms with Gasteiger partial charge in [0.2, 0.25) is 0 Å². The molecule has 0 aliphatic carbocycles. The zero-order valence-electron chi connectivity index (χ0n) is 13.7. The van der Waals surface area contributed by atoms with Crippen molar-refractivity contribution in [2.45, 2.75) is 34.9 Å². The fourth-order valence-corrected chi connectivity index (χ4v) is 5.54. The van der Waals surface area contributed by atoms with Crippen LogP contribution in [0.5, 0.6) is 0 Å². The number of aromatic nitrogens is 1. The van der Waals surface area contributed by atoms with E-state index in [-0.39, 0.29) is 11.9 Å². The number of hydrogen-bond acceptors (Lipinski definition) is 5. The Hall–Kier alpha value is -1.37. The van der Waals surface area contributed by atoms with E-state index < -0.39 is 0 Å². The van der Waals surface area contributed by atoms with Crippen molar-refractivity contribution in [3.05, 3.63) is 41.0 Å². The first-order chi connectivity index (χ1) is 11.7. The molecule has 0 saturated carbocycles. The van der Waals surface area contributed by atoms with E-state index in [4.69, 9.17) is 0 Å². The summed E-state index contributed by atoms with van der Waals surface area (Å²) in [5.74, 6) is 0.620. The second kappa shape index (κ2) is 6.86. The summed E-state index contributed by atoms with van der Waals surface area (Å²) in [5.41, 5.74) is 1.24. The fraction of sp³-hybridized carbons (Fsp3) is 0.444. The molecule has 0 unspecified atom stereocenters. The number of benzene rings is 1. The van der Waals surface area contributed by atoms with Gasteiger partial charge in [0.05, 0.1) is 10.4 Å². The van der Waals surface area contributed by atoms with E-state index in [1.807, 2.05) is 6.20 Å². The first-order valence-electron chi connectivity index (χ1n) is 8.41. The monoisotopic (exact) mass is 359 g/mol. The molecule has 2 bridgehead atoms. The molecule has 1 aromatic heterocycles. The Kier molecular flexibility index (Phi) is 4.61. The smallest absolute Gasteiger partial charge is 0.280 e. The minimum absolute atomic E-state index is 0.0187. The summed E-state index contributed by atoms with van der Waals surface area (Å²) in [4.78, 5) is 20.5. The van der Waals surface area contributed by atoms with Crippen molar-refractivity contribution in [2.75, 3.05) is 19.6 Å². The van der Waals surface area contributed by atoms with Crippen LogP contribution in [0.15, 0.2) is 39.6 Å². The molecular weight excluding hydrogens is 338 g/mol. The molecule has 0 radical (unpaired) electrons. The second-order valence-corrected chi connectivity index (χ2v) is 9.03. The molecule has 3 aliphatic heterocycles. The lowest BCUT2D eigenvalue weighted by atomic mass is 9.84. The van der Waals surface area contributed by atoms with Gasteiger partial charge in [0.1, 0.15) is 0 Å². The Bertz CT molecular complexity index is 737. The van der Waals surface area contributed by atoms with E-state index in [0.29, 0.717) is 10.9 Å². The number of fused-ring (bicyclic) bond motifs is 3. The molecule has 126 valence electrons. The molecule has 3 saturated heterocycles. The molecule has 0 spiro atoms. The van der Waals surface area contributed by atoms with Crippen LogP contribution in [0.3, 0.4) is 0 Å². The Labute approximate surface area is 150 Å². The van der Waals surface area contributed by atoms with Gasteiger partial charge in [-0.2, -0.15) is 0 Å². The van der Waals surface area contributed by atoms with Crippen molar-refractivity contribution < 1.29 is 4.79 Å². The van der Waals surface area contributed by atoms with Crippen LogP contribution >= 0.6 is 23.1 Å². The minimum atomic E-state index is -0.0187. The number of aryl methyl sites for hydroxylation is 1. The third-order valence-electron chi connectivity index (χ3n) is 4.86. The summed E-state index contributed by atoms with van der Waals surface area (Å²) in [6.07, 6.45) is 4.22. The summed E-state index contributed by atoms with van der Waals surface area (Å²) in [6.45, 7) is 5.45. The number of carbonyl (C=O) groups is 1. The van der Waals surface area contributed by atoms with Gasteiger partial charge in [0.15, 0.2) is 5.01 Å². The molecule has 3 fully saturated rings. The molecule has 5 rings (SSSR count). The fourth-order valence-electron chi connectivity index (χ4n) is 3.57. The van der Waals surface area contributed by atoms with Gasteiger partial charge < -0.3 is 10.2 Å². The average Bonchev–Trinajstić information content (AvgIpc) is 3.05. The summed E-state index contributed by atoms with van der Waals surface area (Å²) in [6, 6.07) is 8.67. The Morgan fingerprint density at radius 2 is 2.21 bits per heavy atom. The zero-order valence-corrected chi connectivity index (χ0v) is 15.3. The van der Waals surface area contributed by atoms with Gasteiger partial charge in [0.25, 0.3) is 5.91 Å². The van der Waals surface area contributed by atoms with Crippen molar-refractivity contribution in [1.82, 2.24) is 15.2 Å². The maximum Gasteiger partial charge on any atom is 0.280 e. The van der Waals surface area contributed by atoms with Crippen molar-refractivity contribution in [3.63, 3.8) is 0 Å². The molecule has 3 aliphatic rings. The lowest BCUT2D eigenvalue weighted by Gasteiger charge is -2.44. The van der Waals surface area contributed by atoms with Crippen LogP contribution in [-0.4, -0.2) is 41.5 Å². The number of amides is 1. The molecule has 1 atom stereocenters. The summed E-state index contributed by atoms with van der Waals surface area (Å²) < 4.78 is 1.06. The SMILES string of the molecule is Cc1cccc(Sc2cnc(C(=O)N[C@H]3CN4CCC3CC4)s2)c1. The van der Waals surface area contributed by atoms with Crippen LogP contribution in [0.2, 0.25) is 0 Å². The van der Waals surface area contributed by atoms with Crippen LogP contribution in [0, 0.1) is 12.8 Å². The van der Waals surface area contributed by atoms with Gasteiger partial charge in [-0.05, 0) is 50.9 Å². The Balaban J connectivity index is 1.40. The highest BCUT2D eigenvalue weighted by molar-refractivity contribution is 8.01. The third-order valence-corrected chi connectivity index (χ3v) is 6.95. The van der Waals surface area contributed by atoms with Gasteiger partial charge in [-0.1, -0.05) is 29.5 Å². The topological polar surface area (TPSA) is 45.2 Å². The maximum absolute atomic E-state index is 12.5. The van der Waals surface area contributed by atoms with Gasteiger partial charge >= 0.3 is 0 Å². The number of hydrogen-bond donors (Lipinski definition) is 1. The molecule has 4 nitrogen and oxygen atoms in total. The highest BCUT2D eigenvalue weighted by Crippen LogP contribution is 2.33. The molecule has 24 heavy (non-hydrogen) atoms. The Morgan fingerprint density at radius 3 is 2.92 bits per heavy atom. The molecule has 1 aromatic carbocycles. The van der Waals surface area contributed by atoms with E-state index in [9.17, 15) is 4.79 Å². The molecular formula is C18H21N3OS2. The standard InChI is InChI=1S/C18H21N3OS2/c1-12-3-2-4-14(9-12)23-16-10-19-18(24-16)17(22)20-15-11-21-7-5-13(15)6-8-21/h2-4,9-10,13,15H,5-8,11H2,1H3,(H,20,22)/t15-/m0/s1. The van der Waals surface area contributed by atoms with E-state index >= 15 is 0 Å². The first kappa shape index (κ1) is 16.1. The van der Waals surface area contributed by atoms with Crippen LogP contribution < -0.4 is 5.32 Å². The third kappa shape index (κ3) is 3.50. The lowest BCUT2D eigenvalue weighted by Crippen LogP contribution is -2.57. The van der Waals surface area contributed by atoms with Gasteiger partial charge in [-0.3, -0.25) is 4.79 Å². The predicted octanol–water partition coefficient (Wildman–Crippen LogP) is 3.43. The summed E-state index contributed by atoms with van der Waals surface area (Å²) in [7, 11) is 0. The largest absolute Gasteiger partial charge is 0.346 e. The van der Waals surface area contributed by atoms with Crippen molar-refractivity contribution in [3.8, 4) is 0 Å². The second-order valence-electron chi connectivity index (χ2n) is 6.62. The lowest BCUT2D eigenvalue weighted by molar-refractivity contribution is 0.0620. The quantitative estimate of drug-likeness (QED) is 0.908. The van der Waals surface area contributed by atoms with E-state index in [2.05, 4.69) is 46.4 Å². The normalized spacial score (nSPS) is 25.6. The van der Waals surface area contributed by atoms with Gasteiger partial charge in [-0.25, -0.2) is 4.98 Å². The summed E-state index contributed by atoms with van der Waals surface area (Å²) in [5, 5.41) is 3.78. The number of nitrogens with zero attached hydrogens (tertiary/aromatic N) is 2. The van der Waals surface area contributed by atoms with E-state index in [1.165, 1.54) is 47.7 Å². The number of carbonyl (C=O) groups excluding carboxylic acids is 1. The number of rotatable bonds is 4.